The molecule has 0 atom stereocenters. The Morgan fingerprint density at radius 2 is 2.00 bits per heavy atom. The number of nitrogens with zero attached hydrogens (tertiary/aromatic N) is 6. The van der Waals surface area contributed by atoms with Crippen LogP contribution in [0.15, 0.2) is 30.6 Å². The van der Waals surface area contributed by atoms with Gasteiger partial charge >= 0.3 is 0 Å². The van der Waals surface area contributed by atoms with Gasteiger partial charge in [0.25, 0.3) is 0 Å². The van der Waals surface area contributed by atoms with Gasteiger partial charge in [0, 0.05) is 6.04 Å². The van der Waals surface area contributed by atoms with Gasteiger partial charge in [-0.05, 0) is 49.2 Å². The first kappa shape index (κ1) is 17.6. The van der Waals surface area contributed by atoms with Crippen LogP contribution < -0.4 is 5.32 Å². The maximum absolute atomic E-state index is 13.2. The summed E-state index contributed by atoms with van der Waals surface area (Å²) in [5.74, 6) is 0.832. The van der Waals surface area contributed by atoms with Crippen molar-refractivity contribution >= 4 is 16.9 Å². The fourth-order valence-corrected chi connectivity index (χ4v) is 4.17. The molecule has 1 aliphatic rings. The van der Waals surface area contributed by atoms with E-state index < -0.39 is 5.54 Å². The molecule has 27 heavy (non-hydrogen) atoms. The summed E-state index contributed by atoms with van der Waals surface area (Å²) in [4.78, 5) is 18.0. The number of carbonyl (C=O) groups is 1. The van der Waals surface area contributed by atoms with Crippen LogP contribution in [0.3, 0.4) is 0 Å². The highest BCUT2D eigenvalue weighted by Gasteiger charge is 2.42. The summed E-state index contributed by atoms with van der Waals surface area (Å²) in [6.45, 7) is 4.64. The van der Waals surface area contributed by atoms with Crippen molar-refractivity contribution in [2.24, 2.45) is 0 Å². The van der Waals surface area contributed by atoms with Gasteiger partial charge in [0.1, 0.15) is 17.7 Å². The summed E-state index contributed by atoms with van der Waals surface area (Å²) in [7, 11) is 0. The van der Waals surface area contributed by atoms with Gasteiger partial charge in [-0.2, -0.15) is 0 Å². The molecule has 142 valence electrons. The Morgan fingerprint density at radius 1 is 1.22 bits per heavy atom. The number of tetrazole rings is 1. The normalized spacial score (nSPS) is 16.7. The van der Waals surface area contributed by atoms with Gasteiger partial charge in [-0.1, -0.05) is 31.4 Å². The van der Waals surface area contributed by atoms with Crippen LogP contribution in [0, 0.1) is 0 Å². The molecule has 2 aromatic heterocycles. The van der Waals surface area contributed by atoms with E-state index in [0.29, 0.717) is 6.54 Å². The molecule has 1 aliphatic carbocycles. The van der Waals surface area contributed by atoms with E-state index in [0.717, 1.165) is 49.0 Å². The summed E-state index contributed by atoms with van der Waals surface area (Å²) in [5, 5.41) is 14.6. The van der Waals surface area contributed by atoms with Gasteiger partial charge in [0.05, 0.1) is 17.6 Å². The molecule has 1 N–H and O–H groups in total. The van der Waals surface area contributed by atoms with Crippen molar-refractivity contribution in [2.45, 2.75) is 64.1 Å². The summed E-state index contributed by atoms with van der Waals surface area (Å²) >= 11 is 0. The number of imidazole rings is 1. The lowest BCUT2D eigenvalue weighted by molar-refractivity contribution is -0.132. The Bertz CT molecular complexity index is 923. The molecule has 0 saturated heterocycles. The summed E-state index contributed by atoms with van der Waals surface area (Å²) in [5.41, 5.74) is 1.34. The first-order chi connectivity index (χ1) is 13.1. The number of hydrogen-bond acceptors (Lipinski definition) is 5. The average molecular weight is 367 g/mol. The van der Waals surface area contributed by atoms with Crippen LogP contribution in [0.25, 0.3) is 11.0 Å². The largest absolute Gasteiger partial charge is 0.347 e. The molecular formula is C19H25N7O. The van der Waals surface area contributed by atoms with E-state index in [1.807, 2.05) is 18.2 Å². The molecule has 0 radical (unpaired) electrons. The highest BCUT2D eigenvalue weighted by atomic mass is 16.2. The molecular weight excluding hydrogens is 342 g/mol. The van der Waals surface area contributed by atoms with Gasteiger partial charge in [0.2, 0.25) is 5.91 Å². The van der Waals surface area contributed by atoms with E-state index in [4.69, 9.17) is 4.98 Å². The number of amides is 1. The maximum atomic E-state index is 13.2. The molecule has 0 aliphatic heterocycles. The van der Waals surface area contributed by atoms with E-state index >= 15 is 0 Å². The van der Waals surface area contributed by atoms with Gasteiger partial charge in [0.15, 0.2) is 0 Å². The number of benzene rings is 1. The average Bonchev–Trinajstić information content (AvgIpc) is 3.34. The number of rotatable bonds is 5. The zero-order valence-corrected chi connectivity index (χ0v) is 15.8. The van der Waals surface area contributed by atoms with Gasteiger partial charge in [-0.25, -0.2) is 9.67 Å². The molecule has 4 rings (SSSR count). The number of nitrogens with one attached hydrogen (secondary N) is 1. The number of carbonyl (C=O) groups excluding carboxylic acids is 1. The lowest BCUT2D eigenvalue weighted by Crippen LogP contribution is -2.50. The second kappa shape index (κ2) is 7.09. The molecule has 2 heterocycles. The Balaban J connectivity index is 1.60. The lowest BCUT2D eigenvalue weighted by Gasteiger charge is -2.35. The van der Waals surface area contributed by atoms with Crippen molar-refractivity contribution in [3.63, 3.8) is 0 Å². The van der Waals surface area contributed by atoms with Crippen molar-refractivity contribution in [3.05, 3.63) is 36.4 Å². The van der Waals surface area contributed by atoms with Crippen LogP contribution in [0.5, 0.6) is 0 Å². The molecule has 1 saturated carbocycles. The van der Waals surface area contributed by atoms with E-state index in [-0.39, 0.29) is 11.9 Å². The highest BCUT2D eigenvalue weighted by Crippen LogP contribution is 2.34. The second-order valence-corrected chi connectivity index (χ2v) is 7.51. The van der Waals surface area contributed by atoms with Crippen LogP contribution in [-0.2, 0) is 16.9 Å². The topological polar surface area (TPSA) is 90.5 Å². The van der Waals surface area contributed by atoms with Crippen LogP contribution in [0.1, 0.15) is 57.8 Å². The second-order valence-electron chi connectivity index (χ2n) is 7.51. The minimum absolute atomic E-state index is 0.0307. The van der Waals surface area contributed by atoms with Crippen molar-refractivity contribution < 1.29 is 4.79 Å². The summed E-state index contributed by atoms with van der Waals surface area (Å²) in [6, 6.07) is 8.32. The predicted octanol–water partition coefficient (Wildman–Crippen LogP) is 2.58. The Hall–Kier alpha value is -2.77. The summed E-state index contributed by atoms with van der Waals surface area (Å²) < 4.78 is 3.81. The molecule has 8 heteroatoms. The molecule has 3 aromatic rings. The van der Waals surface area contributed by atoms with Crippen LogP contribution >= 0.6 is 0 Å². The third kappa shape index (κ3) is 3.09. The molecule has 1 fully saturated rings. The molecule has 0 spiro atoms. The smallest absolute Gasteiger partial charge is 0.248 e. The number of aromatic nitrogens is 6. The van der Waals surface area contributed by atoms with E-state index in [2.05, 4.69) is 45.3 Å². The van der Waals surface area contributed by atoms with Crippen LogP contribution in [-0.4, -0.2) is 35.7 Å². The van der Waals surface area contributed by atoms with Crippen LogP contribution in [0.2, 0.25) is 0 Å². The molecule has 8 nitrogen and oxygen atoms in total. The van der Waals surface area contributed by atoms with E-state index in [9.17, 15) is 4.79 Å². The Labute approximate surface area is 158 Å². The van der Waals surface area contributed by atoms with E-state index in [1.165, 1.54) is 0 Å². The van der Waals surface area contributed by atoms with Gasteiger partial charge in [-0.15, -0.1) is 5.10 Å². The number of para-hydroxylation sites is 2. The minimum Gasteiger partial charge on any atom is -0.347 e. The third-order valence-corrected chi connectivity index (χ3v) is 5.48. The Morgan fingerprint density at radius 3 is 2.70 bits per heavy atom. The van der Waals surface area contributed by atoms with Crippen molar-refractivity contribution in [2.75, 3.05) is 0 Å². The quantitative estimate of drug-likeness (QED) is 0.748. The predicted molar refractivity (Wildman–Crippen MR) is 101 cm³/mol. The minimum atomic E-state index is -0.698. The summed E-state index contributed by atoms with van der Waals surface area (Å²) in [6.07, 6.45) is 6.19. The van der Waals surface area contributed by atoms with Crippen molar-refractivity contribution in [1.29, 1.82) is 0 Å². The third-order valence-electron chi connectivity index (χ3n) is 5.48. The van der Waals surface area contributed by atoms with Crippen molar-refractivity contribution in [3.8, 4) is 0 Å². The SMILES string of the molecule is CC(C)n1c(CNC(=O)C2(n3cnnn3)CCCCC2)nc2ccccc21. The first-order valence-electron chi connectivity index (χ1n) is 9.59. The van der Waals surface area contributed by atoms with Gasteiger partial charge in [-0.3, -0.25) is 4.79 Å². The molecule has 0 unspecified atom stereocenters. The van der Waals surface area contributed by atoms with Gasteiger partial charge < -0.3 is 9.88 Å². The zero-order chi connectivity index (χ0) is 18.9. The number of fused-ring (bicyclic) bond motifs is 1. The first-order valence-corrected chi connectivity index (χ1v) is 9.59. The monoisotopic (exact) mass is 367 g/mol. The lowest BCUT2D eigenvalue weighted by atomic mass is 9.81. The van der Waals surface area contributed by atoms with E-state index in [1.54, 1.807) is 11.0 Å². The number of hydrogen-bond donors (Lipinski definition) is 1. The fourth-order valence-electron chi connectivity index (χ4n) is 4.17. The fraction of sp³-hybridized carbons (Fsp3) is 0.526. The Kier molecular flexibility index (Phi) is 4.63. The van der Waals surface area contributed by atoms with Crippen LogP contribution in [0.4, 0.5) is 0 Å². The zero-order valence-electron chi connectivity index (χ0n) is 15.8. The highest BCUT2D eigenvalue weighted by molar-refractivity contribution is 5.84. The standard InChI is InChI=1S/C19H25N7O/c1-14(2)26-16-9-5-4-8-15(16)22-17(26)12-20-18(27)19(10-6-3-7-11-19)25-13-21-23-24-25/h4-5,8-9,13-14H,3,6-7,10-12H2,1-2H3,(H,20,27). The maximum Gasteiger partial charge on any atom is 0.248 e. The molecule has 1 aromatic carbocycles. The molecule has 1 amide bonds. The van der Waals surface area contributed by atoms with Crippen molar-refractivity contribution in [1.82, 2.24) is 35.1 Å². The molecule has 0 bridgehead atoms.